The molecule has 0 radical (unpaired) electrons. The molecule has 0 aliphatic carbocycles. The van der Waals surface area contributed by atoms with Crippen molar-refractivity contribution in [2.75, 3.05) is 10.6 Å². The van der Waals surface area contributed by atoms with E-state index < -0.39 is 24.3 Å². The zero-order valence-corrected chi connectivity index (χ0v) is 17.9. The number of fused-ring (bicyclic) bond motifs is 1. The van der Waals surface area contributed by atoms with Crippen LogP contribution in [0.1, 0.15) is 17.5 Å². The maximum atomic E-state index is 13.0. The van der Waals surface area contributed by atoms with Gasteiger partial charge in [0, 0.05) is 22.8 Å². The normalized spacial score (nSPS) is 25.1. The highest BCUT2D eigenvalue weighted by atomic mass is 35.5. The Labute approximate surface area is 185 Å². The third-order valence-corrected chi connectivity index (χ3v) is 5.68. The topological polar surface area (TPSA) is 111 Å². The van der Waals surface area contributed by atoms with E-state index in [0.29, 0.717) is 10.7 Å². The Bertz CT molecular complexity index is 1010. The van der Waals surface area contributed by atoms with Crippen LogP contribution in [-0.4, -0.2) is 30.2 Å². The number of benzene rings is 2. The Morgan fingerprint density at radius 2 is 1.68 bits per heavy atom. The number of carbonyl (C=O) groups excluding carboxylic acids is 3. The molecule has 162 valence electrons. The molecular formula is C22H24ClN5O3. The van der Waals surface area contributed by atoms with Gasteiger partial charge in [-0.3, -0.25) is 19.7 Å². The van der Waals surface area contributed by atoms with Crippen LogP contribution in [0.25, 0.3) is 0 Å². The van der Waals surface area contributed by atoms with E-state index in [4.69, 9.17) is 11.6 Å². The molecule has 2 aromatic rings. The van der Waals surface area contributed by atoms with Gasteiger partial charge in [-0.1, -0.05) is 17.7 Å². The van der Waals surface area contributed by atoms with E-state index in [-0.39, 0.29) is 24.1 Å². The number of rotatable bonds is 4. The first-order valence-corrected chi connectivity index (χ1v) is 10.4. The van der Waals surface area contributed by atoms with Crippen LogP contribution in [0.5, 0.6) is 0 Å². The molecule has 3 amide bonds. The van der Waals surface area contributed by atoms with Crippen molar-refractivity contribution in [2.24, 2.45) is 11.8 Å². The fraction of sp³-hybridized carbons (Fsp3) is 0.318. The van der Waals surface area contributed by atoms with Crippen LogP contribution in [-0.2, 0) is 14.4 Å². The van der Waals surface area contributed by atoms with Crippen molar-refractivity contribution in [3.05, 3.63) is 58.6 Å². The minimum absolute atomic E-state index is 0.0534. The summed E-state index contributed by atoms with van der Waals surface area (Å²) in [6.07, 6.45) is -1.34. The van der Waals surface area contributed by atoms with Crippen molar-refractivity contribution in [3.63, 3.8) is 0 Å². The molecule has 8 nitrogen and oxygen atoms in total. The largest absolute Gasteiger partial charge is 0.353 e. The van der Waals surface area contributed by atoms with Gasteiger partial charge < -0.3 is 21.3 Å². The molecule has 2 heterocycles. The molecule has 0 bridgehead atoms. The summed E-state index contributed by atoms with van der Waals surface area (Å²) in [5, 5.41) is 15.4. The molecule has 2 aromatic carbocycles. The van der Waals surface area contributed by atoms with E-state index in [0.717, 1.165) is 16.8 Å². The average Bonchev–Trinajstić information content (AvgIpc) is 2.68. The second kappa shape index (κ2) is 8.56. The van der Waals surface area contributed by atoms with Crippen molar-refractivity contribution < 1.29 is 14.4 Å². The Morgan fingerprint density at radius 1 is 1.00 bits per heavy atom. The maximum absolute atomic E-state index is 13.0. The third kappa shape index (κ3) is 4.81. The smallest absolute Gasteiger partial charge is 0.229 e. The van der Waals surface area contributed by atoms with Crippen molar-refractivity contribution in [2.45, 2.75) is 32.7 Å². The highest BCUT2D eigenvalue weighted by Crippen LogP contribution is 2.28. The zero-order valence-electron chi connectivity index (χ0n) is 17.2. The Balaban J connectivity index is 1.48. The quantitative estimate of drug-likeness (QED) is 0.499. The molecule has 9 heteroatoms. The highest BCUT2D eigenvalue weighted by molar-refractivity contribution is 6.30. The molecule has 0 spiro atoms. The lowest BCUT2D eigenvalue weighted by Crippen LogP contribution is -2.72. The first-order chi connectivity index (χ1) is 14.8. The number of anilines is 2. The lowest BCUT2D eigenvalue weighted by Gasteiger charge is -2.43. The van der Waals surface area contributed by atoms with E-state index in [1.807, 2.05) is 32.0 Å². The minimum atomic E-state index is -0.788. The molecule has 4 unspecified atom stereocenters. The van der Waals surface area contributed by atoms with Gasteiger partial charge in [-0.25, -0.2) is 0 Å². The summed E-state index contributed by atoms with van der Waals surface area (Å²) >= 11 is 5.91. The SMILES string of the molecule is Cc1cc(C)cc(NC(=O)C2CC(=O)NC3NC(Nc4ccc(Cl)cc4)NC(=O)C32)c1. The van der Waals surface area contributed by atoms with E-state index >= 15 is 0 Å². The summed E-state index contributed by atoms with van der Waals surface area (Å²) in [5.41, 5.74) is 3.42. The van der Waals surface area contributed by atoms with Gasteiger partial charge in [0.1, 0.15) is 0 Å². The van der Waals surface area contributed by atoms with Crippen molar-refractivity contribution >= 4 is 40.7 Å². The summed E-state index contributed by atoms with van der Waals surface area (Å²) < 4.78 is 0. The second-order valence-electron chi connectivity index (χ2n) is 8.01. The number of nitrogens with one attached hydrogen (secondary N) is 5. The predicted molar refractivity (Wildman–Crippen MR) is 118 cm³/mol. The summed E-state index contributed by atoms with van der Waals surface area (Å²) in [5.74, 6) is -2.46. The van der Waals surface area contributed by atoms with Crippen molar-refractivity contribution in [1.82, 2.24) is 16.0 Å². The molecule has 4 atom stereocenters. The molecule has 0 aromatic heterocycles. The summed E-state index contributed by atoms with van der Waals surface area (Å²) in [6, 6.07) is 12.7. The highest BCUT2D eigenvalue weighted by Gasteiger charge is 2.48. The van der Waals surface area contributed by atoms with Crippen LogP contribution in [0, 0.1) is 25.7 Å². The van der Waals surface area contributed by atoms with Gasteiger partial charge >= 0.3 is 0 Å². The molecule has 0 saturated carbocycles. The molecule has 2 saturated heterocycles. The van der Waals surface area contributed by atoms with Gasteiger partial charge in [-0.2, -0.15) is 0 Å². The van der Waals surface area contributed by atoms with Crippen LogP contribution in [0.3, 0.4) is 0 Å². The fourth-order valence-electron chi connectivity index (χ4n) is 4.15. The van der Waals surface area contributed by atoms with E-state index in [1.165, 1.54) is 0 Å². The molecule has 2 aliphatic heterocycles. The van der Waals surface area contributed by atoms with Crippen LogP contribution in [0.15, 0.2) is 42.5 Å². The van der Waals surface area contributed by atoms with Crippen molar-refractivity contribution in [1.29, 1.82) is 0 Å². The Hall–Kier alpha value is -3.10. The first-order valence-electron chi connectivity index (χ1n) is 10.1. The maximum Gasteiger partial charge on any atom is 0.229 e. The summed E-state index contributed by atoms with van der Waals surface area (Å²) in [7, 11) is 0. The molecule has 2 fully saturated rings. The number of hydrogen-bond donors (Lipinski definition) is 5. The van der Waals surface area contributed by atoms with E-state index in [2.05, 4.69) is 26.6 Å². The summed E-state index contributed by atoms with van der Waals surface area (Å²) in [6.45, 7) is 3.89. The standard InChI is InChI=1S/C22H24ClN5O3/c1-11-7-12(2)9-15(8-11)24-20(30)16-10-17(29)26-19-18(16)21(31)28-22(27-19)25-14-5-3-13(23)4-6-14/h3-9,16,18-19,22,25,27H,10H2,1-2H3,(H,24,30)(H,26,29)(H,28,31). The number of hydrogen-bond acceptors (Lipinski definition) is 5. The molecule has 2 aliphatic rings. The predicted octanol–water partition coefficient (Wildman–Crippen LogP) is 2.09. The fourth-order valence-corrected chi connectivity index (χ4v) is 4.27. The average molecular weight is 442 g/mol. The first kappa shape index (κ1) is 21.1. The van der Waals surface area contributed by atoms with Crippen LogP contribution in [0.4, 0.5) is 11.4 Å². The second-order valence-corrected chi connectivity index (χ2v) is 8.44. The molecule has 31 heavy (non-hydrogen) atoms. The van der Waals surface area contributed by atoms with E-state index in [1.54, 1.807) is 24.3 Å². The number of halogens is 1. The zero-order chi connectivity index (χ0) is 22.1. The van der Waals surface area contributed by atoms with Gasteiger partial charge in [-0.05, 0) is 61.4 Å². The lowest BCUT2D eigenvalue weighted by molar-refractivity contribution is -0.144. The number of aryl methyl sites for hydroxylation is 2. The lowest BCUT2D eigenvalue weighted by atomic mass is 9.81. The summed E-state index contributed by atoms with van der Waals surface area (Å²) in [4.78, 5) is 38.2. The van der Waals surface area contributed by atoms with Gasteiger partial charge in [-0.15, -0.1) is 0 Å². The monoisotopic (exact) mass is 441 g/mol. The van der Waals surface area contributed by atoms with Crippen LogP contribution >= 0.6 is 11.6 Å². The Kier molecular flexibility index (Phi) is 5.84. The number of piperidine rings is 1. The molecule has 5 N–H and O–H groups in total. The molecular weight excluding hydrogens is 418 g/mol. The third-order valence-electron chi connectivity index (χ3n) is 5.43. The molecule has 4 rings (SSSR count). The van der Waals surface area contributed by atoms with Gasteiger partial charge in [0.2, 0.25) is 17.7 Å². The van der Waals surface area contributed by atoms with Gasteiger partial charge in [0.25, 0.3) is 0 Å². The number of carbonyl (C=O) groups is 3. The van der Waals surface area contributed by atoms with E-state index in [9.17, 15) is 14.4 Å². The number of amides is 3. The van der Waals surface area contributed by atoms with Gasteiger partial charge in [0.05, 0.1) is 18.0 Å². The van der Waals surface area contributed by atoms with Crippen LogP contribution < -0.4 is 26.6 Å². The van der Waals surface area contributed by atoms with Crippen molar-refractivity contribution in [3.8, 4) is 0 Å². The Morgan fingerprint density at radius 3 is 2.35 bits per heavy atom. The van der Waals surface area contributed by atoms with Crippen LogP contribution in [0.2, 0.25) is 5.02 Å². The minimum Gasteiger partial charge on any atom is -0.353 e. The van der Waals surface area contributed by atoms with Gasteiger partial charge in [0.15, 0.2) is 6.29 Å².